The minimum Gasteiger partial charge on any atom is -0.476 e. The third-order valence-corrected chi connectivity index (χ3v) is 4.44. The standard InChI is InChI=1S/C17H18N6O3/c24-16(25)14-11-23(21-19-14)10-12-5-4-8-22(9-12)17-18-15(26-20-17)13-6-2-1-3-7-13/h1-3,6-7,11-12H,4-5,8-10H2,(H,24,25)/t12-/m0/s1. The van der Waals surface area contributed by atoms with Gasteiger partial charge in [0.2, 0.25) is 0 Å². The molecule has 9 nitrogen and oxygen atoms in total. The maximum absolute atomic E-state index is 10.9. The molecule has 0 amide bonds. The van der Waals surface area contributed by atoms with E-state index < -0.39 is 5.97 Å². The molecule has 1 N–H and O–H groups in total. The Balaban J connectivity index is 1.43. The fourth-order valence-electron chi connectivity index (χ4n) is 3.19. The molecule has 1 aliphatic heterocycles. The van der Waals surface area contributed by atoms with Crippen molar-refractivity contribution in [3.05, 3.63) is 42.2 Å². The van der Waals surface area contributed by atoms with Gasteiger partial charge in [0.15, 0.2) is 5.69 Å². The highest BCUT2D eigenvalue weighted by atomic mass is 16.5. The van der Waals surface area contributed by atoms with Gasteiger partial charge < -0.3 is 14.5 Å². The van der Waals surface area contributed by atoms with E-state index in [0.717, 1.165) is 31.5 Å². The molecule has 1 fully saturated rings. The number of rotatable bonds is 5. The second kappa shape index (κ2) is 6.95. The first-order chi connectivity index (χ1) is 12.7. The van der Waals surface area contributed by atoms with Gasteiger partial charge >= 0.3 is 5.97 Å². The van der Waals surface area contributed by atoms with Crippen molar-refractivity contribution in [2.75, 3.05) is 18.0 Å². The van der Waals surface area contributed by atoms with E-state index in [1.54, 1.807) is 4.68 Å². The van der Waals surface area contributed by atoms with Gasteiger partial charge in [-0.05, 0) is 36.0 Å². The molecule has 9 heteroatoms. The van der Waals surface area contributed by atoms with Crippen molar-refractivity contribution in [2.45, 2.75) is 19.4 Å². The molecule has 0 bridgehead atoms. The lowest BCUT2D eigenvalue weighted by Gasteiger charge is -2.31. The highest BCUT2D eigenvalue weighted by Crippen LogP contribution is 2.25. The third-order valence-electron chi connectivity index (χ3n) is 4.44. The summed E-state index contributed by atoms with van der Waals surface area (Å²) in [5.41, 5.74) is 0.854. The van der Waals surface area contributed by atoms with Gasteiger partial charge in [0.05, 0.1) is 6.20 Å². The molecule has 3 aromatic rings. The van der Waals surface area contributed by atoms with Crippen LogP contribution >= 0.6 is 0 Å². The van der Waals surface area contributed by atoms with Crippen LogP contribution in [0.25, 0.3) is 11.5 Å². The largest absolute Gasteiger partial charge is 0.476 e. The number of carbonyl (C=O) groups is 1. The number of anilines is 1. The smallest absolute Gasteiger partial charge is 0.358 e. The van der Waals surface area contributed by atoms with Crippen molar-refractivity contribution in [1.82, 2.24) is 25.1 Å². The number of nitrogens with zero attached hydrogens (tertiary/aromatic N) is 6. The summed E-state index contributed by atoms with van der Waals surface area (Å²) in [6, 6.07) is 9.66. The Bertz CT molecular complexity index is 891. The Morgan fingerprint density at radius 1 is 1.31 bits per heavy atom. The van der Waals surface area contributed by atoms with Crippen molar-refractivity contribution in [3.63, 3.8) is 0 Å². The highest BCUT2D eigenvalue weighted by Gasteiger charge is 2.24. The topological polar surface area (TPSA) is 110 Å². The summed E-state index contributed by atoms with van der Waals surface area (Å²) < 4.78 is 6.98. The molecule has 26 heavy (non-hydrogen) atoms. The van der Waals surface area contributed by atoms with Crippen molar-refractivity contribution in [2.24, 2.45) is 5.92 Å². The van der Waals surface area contributed by atoms with Gasteiger partial charge in [-0.1, -0.05) is 23.4 Å². The van der Waals surface area contributed by atoms with Crippen LogP contribution in [0, 0.1) is 5.92 Å². The Morgan fingerprint density at radius 3 is 2.92 bits per heavy atom. The number of piperidine rings is 1. The first-order valence-corrected chi connectivity index (χ1v) is 8.46. The number of aromatic carboxylic acids is 1. The predicted molar refractivity (Wildman–Crippen MR) is 91.7 cm³/mol. The van der Waals surface area contributed by atoms with Crippen LogP contribution in [0.1, 0.15) is 23.3 Å². The number of benzene rings is 1. The fourth-order valence-corrected chi connectivity index (χ4v) is 3.19. The molecule has 0 aliphatic carbocycles. The second-order valence-corrected chi connectivity index (χ2v) is 6.35. The third kappa shape index (κ3) is 3.41. The van der Waals surface area contributed by atoms with Crippen molar-refractivity contribution in [1.29, 1.82) is 0 Å². The molecular weight excluding hydrogens is 336 g/mol. The van der Waals surface area contributed by atoms with E-state index in [9.17, 15) is 4.79 Å². The molecule has 1 atom stereocenters. The van der Waals surface area contributed by atoms with Crippen molar-refractivity contribution >= 4 is 11.9 Å². The Hall–Kier alpha value is -3.23. The first kappa shape index (κ1) is 16.2. The van der Waals surface area contributed by atoms with Gasteiger partial charge in [-0.25, -0.2) is 4.79 Å². The summed E-state index contributed by atoms with van der Waals surface area (Å²) in [6.07, 6.45) is 3.49. The minimum atomic E-state index is -1.07. The molecular formula is C17H18N6O3. The fraction of sp³-hybridized carbons (Fsp3) is 0.353. The average Bonchev–Trinajstić information content (AvgIpc) is 3.32. The van der Waals surface area contributed by atoms with E-state index in [1.165, 1.54) is 6.20 Å². The van der Waals surface area contributed by atoms with Crippen LogP contribution in [0.5, 0.6) is 0 Å². The summed E-state index contributed by atoms with van der Waals surface area (Å²) >= 11 is 0. The zero-order chi connectivity index (χ0) is 17.9. The van der Waals surface area contributed by atoms with Crippen LogP contribution in [0.3, 0.4) is 0 Å². The zero-order valence-electron chi connectivity index (χ0n) is 14.0. The van der Waals surface area contributed by atoms with Gasteiger partial charge in [0.25, 0.3) is 11.8 Å². The zero-order valence-corrected chi connectivity index (χ0v) is 14.0. The first-order valence-electron chi connectivity index (χ1n) is 8.46. The lowest BCUT2D eigenvalue weighted by atomic mass is 9.98. The molecule has 1 aromatic carbocycles. The van der Waals surface area contributed by atoms with E-state index in [0.29, 0.717) is 24.3 Å². The van der Waals surface area contributed by atoms with E-state index in [-0.39, 0.29) is 5.69 Å². The summed E-state index contributed by atoms with van der Waals surface area (Å²) in [5.74, 6) is 0.330. The van der Waals surface area contributed by atoms with Crippen molar-refractivity contribution in [3.8, 4) is 11.5 Å². The molecule has 0 radical (unpaired) electrons. The predicted octanol–water partition coefficient (Wildman–Crippen LogP) is 1.94. The summed E-state index contributed by atoms with van der Waals surface area (Å²) in [5, 5.41) is 20.6. The minimum absolute atomic E-state index is 0.0386. The maximum atomic E-state index is 10.9. The van der Waals surface area contributed by atoms with Gasteiger partial charge in [-0.15, -0.1) is 5.10 Å². The molecule has 3 heterocycles. The molecule has 0 unspecified atom stereocenters. The lowest BCUT2D eigenvalue weighted by molar-refractivity contribution is 0.0690. The number of carboxylic acid groups (broad SMARTS) is 1. The van der Waals surface area contributed by atoms with Crippen LogP contribution in [-0.4, -0.2) is 49.3 Å². The van der Waals surface area contributed by atoms with Gasteiger partial charge in [-0.3, -0.25) is 4.68 Å². The van der Waals surface area contributed by atoms with Gasteiger partial charge in [0.1, 0.15) is 0 Å². The Kier molecular flexibility index (Phi) is 4.34. The molecule has 1 saturated heterocycles. The van der Waals surface area contributed by atoms with Crippen LogP contribution in [-0.2, 0) is 6.54 Å². The van der Waals surface area contributed by atoms with E-state index in [2.05, 4.69) is 25.4 Å². The molecule has 0 spiro atoms. The quantitative estimate of drug-likeness (QED) is 0.740. The number of hydrogen-bond acceptors (Lipinski definition) is 7. The normalized spacial score (nSPS) is 17.4. The van der Waals surface area contributed by atoms with Crippen LogP contribution < -0.4 is 4.90 Å². The van der Waals surface area contributed by atoms with E-state index in [4.69, 9.17) is 9.63 Å². The number of hydrogen-bond donors (Lipinski definition) is 1. The average molecular weight is 354 g/mol. The molecule has 134 valence electrons. The Morgan fingerprint density at radius 2 is 2.15 bits per heavy atom. The van der Waals surface area contributed by atoms with E-state index in [1.807, 2.05) is 30.3 Å². The Labute approximate surface area is 149 Å². The molecule has 0 saturated carbocycles. The maximum Gasteiger partial charge on any atom is 0.358 e. The number of carboxylic acids is 1. The second-order valence-electron chi connectivity index (χ2n) is 6.35. The number of aromatic nitrogens is 5. The molecule has 2 aromatic heterocycles. The van der Waals surface area contributed by atoms with Crippen LogP contribution in [0.2, 0.25) is 0 Å². The lowest BCUT2D eigenvalue weighted by Crippen LogP contribution is -2.37. The van der Waals surface area contributed by atoms with Gasteiger partial charge in [-0.2, -0.15) is 4.98 Å². The monoisotopic (exact) mass is 354 g/mol. The van der Waals surface area contributed by atoms with Crippen LogP contribution in [0.15, 0.2) is 41.1 Å². The van der Waals surface area contributed by atoms with E-state index >= 15 is 0 Å². The SMILES string of the molecule is O=C(O)c1cn(C[C@H]2CCCN(c3noc(-c4ccccc4)n3)C2)nn1. The van der Waals surface area contributed by atoms with Crippen molar-refractivity contribution < 1.29 is 14.4 Å². The summed E-state index contributed by atoms with van der Waals surface area (Å²) in [4.78, 5) is 17.5. The highest BCUT2D eigenvalue weighted by molar-refractivity contribution is 5.84. The summed E-state index contributed by atoms with van der Waals surface area (Å²) in [6.45, 7) is 2.23. The molecule has 1 aliphatic rings. The van der Waals surface area contributed by atoms with Gasteiger partial charge in [0, 0.05) is 25.2 Å². The summed E-state index contributed by atoms with van der Waals surface area (Å²) in [7, 11) is 0. The molecule has 4 rings (SSSR count). The van der Waals surface area contributed by atoms with Crippen LogP contribution in [0.4, 0.5) is 5.95 Å².